The lowest BCUT2D eigenvalue weighted by molar-refractivity contribution is 0.0787. The van der Waals surface area contributed by atoms with Crippen molar-refractivity contribution in [1.29, 1.82) is 0 Å². The summed E-state index contributed by atoms with van der Waals surface area (Å²) in [6.07, 6.45) is 2.53. The Morgan fingerprint density at radius 2 is 2.00 bits per heavy atom. The standard InChI is InChI=1S/C25H30ClFN8OS/c1-3-33-8-10-34(11-9-33)22-13-21(31-25-28-14-16(2)37-25)30-24(32-22)29-18-6-7-35(15-18)23(36)19-5-4-17(26)12-20(19)27/h4-5,12-14,18H,3,6-11,15H2,1-2H3,(H2,28,29,30,31,32)/t18-/m0/s1. The number of aromatic nitrogens is 3. The summed E-state index contributed by atoms with van der Waals surface area (Å²) in [5.74, 6) is 1.04. The number of aryl methyl sites for hydroxylation is 1. The minimum absolute atomic E-state index is 0.0275. The summed E-state index contributed by atoms with van der Waals surface area (Å²) >= 11 is 7.40. The lowest BCUT2D eigenvalue weighted by Gasteiger charge is -2.35. The zero-order valence-electron chi connectivity index (χ0n) is 20.9. The number of carbonyl (C=O) groups excluding carboxylic acids is 1. The van der Waals surface area contributed by atoms with Crippen molar-refractivity contribution in [1.82, 2.24) is 24.8 Å². The molecule has 12 heteroatoms. The van der Waals surface area contributed by atoms with Crippen LogP contribution in [-0.4, -0.2) is 82.5 Å². The molecule has 0 radical (unpaired) electrons. The van der Waals surface area contributed by atoms with Gasteiger partial charge >= 0.3 is 0 Å². The Balaban J connectivity index is 1.31. The van der Waals surface area contributed by atoms with Gasteiger partial charge in [-0.2, -0.15) is 9.97 Å². The molecule has 2 aromatic heterocycles. The van der Waals surface area contributed by atoms with Crippen molar-refractivity contribution < 1.29 is 9.18 Å². The first kappa shape index (κ1) is 25.6. The molecule has 2 fully saturated rings. The number of amides is 1. The number of halogens is 2. The zero-order chi connectivity index (χ0) is 25.9. The lowest BCUT2D eigenvalue weighted by atomic mass is 10.2. The van der Waals surface area contributed by atoms with E-state index in [4.69, 9.17) is 21.6 Å². The smallest absolute Gasteiger partial charge is 0.256 e. The third-order valence-electron chi connectivity index (χ3n) is 6.68. The van der Waals surface area contributed by atoms with E-state index in [0.29, 0.717) is 31.3 Å². The van der Waals surface area contributed by atoms with Crippen LogP contribution in [0.3, 0.4) is 0 Å². The number of piperazine rings is 1. The van der Waals surface area contributed by atoms with Crippen LogP contribution in [0, 0.1) is 12.7 Å². The van der Waals surface area contributed by atoms with Crippen LogP contribution in [0.5, 0.6) is 0 Å². The second-order valence-electron chi connectivity index (χ2n) is 9.26. The number of benzene rings is 1. The van der Waals surface area contributed by atoms with Crippen molar-refractivity contribution in [3.8, 4) is 0 Å². The van der Waals surface area contributed by atoms with Crippen LogP contribution in [0.15, 0.2) is 30.5 Å². The fourth-order valence-corrected chi connectivity index (χ4v) is 5.45. The first-order valence-corrected chi connectivity index (χ1v) is 13.6. The second kappa shape index (κ2) is 11.2. The molecule has 196 valence electrons. The summed E-state index contributed by atoms with van der Waals surface area (Å²) in [5, 5.41) is 7.75. The van der Waals surface area contributed by atoms with Gasteiger partial charge in [0.15, 0.2) is 5.13 Å². The van der Waals surface area contributed by atoms with Gasteiger partial charge in [0.05, 0.1) is 5.56 Å². The number of likely N-dealkylation sites (N-methyl/N-ethyl adjacent to an activating group) is 1. The van der Waals surface area contributed by atoms with E-state index in [1.54, 1.807) is 16.2 Å². The predicted molar refractivity (Wildman–Crippen MR) is 146 cm³/mol. The highest BCUT2D eigenvalue weighted by Crippen LogP contribution is 2.26. The predicted octanol–water partition coefficient (Wildman–Crippen LogP) is 4.25. The van der Waals surface area contributed by atoms with Crippen LogP contribution in [-0.2, 0) is 0 Å². The Morgan fingerprint density at radius 1 is 1.19 bits per heavy atom. The van der Waals surface area contributed by atoms with Crippen molar-refractivity contribution in [3.63, 3.8) is 0 Å². The van der Waals surface area contributed by atoms with Gasteiger partial charge in [0.2, 0.25) is 5.95 Å². The molecular weight excluding hydrogens is 515 g/mol. The summed E-state index contributed by atoms with van der Waals surface area (Å²) in [5.41, 5.74) is 0.0275. The summed E-state index contributed by atoms with van der Waals surface area (Å²) in [6, 6.07) is 6.03. The SMILES string of the molecule is CCN1CCN(c2cc(Nc3ncc(C)s3)nc(N[C@H]3CCN(C(=O)c4ccc(Cl)cc4F)C3)n2)CC1. The zero-order valence-corrected chi connectivity index (χ0v) is 22.4. The quantitative estimate of drug-likeness (QED) is 0.456. The molecule has 3 aromatic rings. The van der Waals surface area contributed by atoms with Gasteiger partial charge in [0.25, 0.3) is 5.91 Å². The maximum atomic E-state index is 14.3. The van der Waals surface area contributed by atoms with Crippen molar-refractivity contribution in [2.75, 3.05) is 61.3 Å². The van der Waals surface area contributed by atoms with E-state index in [-0.39, 0.29) is 22.5 Å². The maximum absolute atomic E-state index is 14.3. The van der Waals surface area contributed by atoms with Crippen LogP contribution in [0.25, 0.3) is 0 Å². The topological polar surface area (TPSA) is 89.5 Å². The number of thiazole rings is 1. The molecule has 0 aliphatic carbocycles. The molecule has 37 heavy (non-hydrogen) atoms. The molecule has 0 saturated carbocycles. The Bertz CT molecular complexity index is 1270. The number of nitrogens with one attached hydrogen (secondary N) is 2. The number of hydrogen-bond acceptors (Lipinski definition) is 9. The van der Waals surface area contributed by atoms with Crippen LogP contribution in [0.1, 0.15) is 28.6 Å². The highest BCUT2D eigenvalue weighted by Gasteiger charge is 2.29. The molecular formula is C25H30ClFN8OS. The number of nitrogens with zero attached hydrogens (tertiary/aromatic N) is 6. The first-order chi connectivity index (χ1) is 17.9. The Labute approximate surface area is 224 Å². The summed E-state index contributed by atoms with van der Waals surface area (Å²) < 4.78 is 14.3. The molecule has 1 aromatic carbocycles. The van der Waals surface area contributed by atoms with Crippen molar-refractivity contribution >= 4 is 51.6 Å². The Hall–Kier alpha value is -3.02. The number of rotatable bonds is 7. The molecule has 0 bridgehead atoms. The molecule has 9 nitrogen and oxygen atoms in total. The van der Waals surface area contributed by atoms with E-state index >= 15 is 0 Å². The van der Waals surface area contributed by atoms with Gasteiger partial charge in [-0.15, -0.1) is 11.3 Å². The Morgan fingerprint density at radius 3 is 2.70 bits per heavy atom. The fourth-order valence-electron chi connectivity index (χ4n) is 4.62. The molecule has 0 spiro atoms. The van der Waals surface area contributed by atoms with Crippen LogP contribution in [0.2, 0.25) is 5.02 Å². The van der Waals surface area contributed by atoms with E-state index in [1.807, 2.05) is 19.2 Å². The van der Waals surface area contributed by atoms with E-state index in [2.05, 4.69) is 32.3 Å². The monoisotopic (exact) mass is 544 g/mol. The summed E-state index contributed by atoms with van der Waals surface area (Å²) in [6.45, 7) is 9.92. The van der Waals surface area contributed by atoms with E-state index in [1.165, 1.54) is 18.2 Å². The van der Waals surface area contributed by atoms with Crippen molar-refractivity contribution in [3.05, 3.63) is 51.7 Å². The summed E-state index contributed by atoms with van der Waals surface area (Å²) in [7, 11) is 0. The second-order valence-corrected chi connectivity index (χ2v) is 10.9. The van der Waals surface area contributed by atoms with Gasteiger partial charge in [0, 0.05) is 67.5 Å². The highest BCUT2D eigenvalue weighted by molar-refractivity contribution is 7.15. The first-order valence-electron chi connectivity index (χ1n) is 12.4. The van der Waals surface area contributed by atoms with Crippen LogP contribution < -0.4 is 15.5 Å². The maximum Gasteiger partial charge on any atom is 0.256 e. The molecule has 0 unspecified atom stereocenters. The number of anilines is 4. The van der Waals surface area contributed by atoms with Gasteiger partial charge in [-0.05, 0) is 38.1 Å². The van der Waals surface area contributed by atoms with E-state index in [0.717, 1.165) is 48.6 Å². The summed E-state index contributed by atoms with van der Waals surface area (Å²) in [4.78, 5) is 34.3. The number of carbonyl (C=O) groups is 1. The van der Waals surface area contributed by atoms with Gasteiger partial charge < -0.3 is 25.3 Å². The minimum Gasteiger partial charge on any atom is -0.354 e. The molecule has 5 rings (SSSR count). The van der Waals surface area contributed by atoms with E-state index < -0.39 is 5.82 Å². The van der Waals surface area contributed by atoms with Crippen molar-refractivity contribution in [2.45, 2.75) is 26.3 Å². The van der Waals surface area contributed by atoms with E-state index in [9.17, 15) is 9.18 Å². The highest BCUT2D eigenvalue weighted by atomic mass is 35.5. The lowest BCUT2D eigenvalue weighted by Crippen LogP contribution is -2.46. The van der Waals surface area contributed by atoms with Gasteiger partial charge in [-0.1, -0.05) is 18.5 Å². The number of likely N-dealkylation sites (tertiary alicyclic amines) is 1. The van der Waals surface area contributed by atoms with Crippen molar-refractivity contribution in [2.24, 2.45) is 0 Å². The normalized spacial score (nSPS) is 18.3. The molecule has 2 N–H and O–H groups in total. The molecule has 4 heterocycles. The van der Waals surface area contributed by atoms with Crippen LogP contribution >= 0.6 is 22.9 Å². The number of hydrogen-bond donors (Lipinski definition) is 2. The molecule has 1 amide bonds. The largest absolute Gasteiger partial charge is 0.354 e. The average molecular weight is 545 g/mol. The van der Waals surface area contributed by atoms with Gasteiger partial charge in [0.1, 0.15) is 17.5 Å². The average Bonchev–Trinajstić information content (AvgIpc) is 3.52. The Kier molecular flexibility index (Phi) is 7.73. The van der Waals surface area contributed by atoms with Gasteiger partial charge in [-0.3, -0.25) is 4.79 Å². The molecule has 2 saturated heterocycles. The minimum atomic E-state index is -0.610. The molecule has 2 aliphatic rings. The molecule has 1 atom stereocenters. The molecule has 2 aliphatic heterocycles. The van der Waals surface area contributed by atoms with Crippen LogP contribution in [0.4, 0.5) is 27.1 Å². The third kappa shape index (κ3) is 6.11. The fraction of sp³-hybridized carbons (Fsp3) is 0.440. The third-order valence-corrected chi connectivity index (χ3v) is 7.75. The van der Waals surface area contributed by atoms with Gasteiger partial charge in [-0.25, -0.2) is 9.37 Å².